The molecule has 250 valence electrons. The fourth-order valence-electron chi connectivity index (χ4n) is 5.44. The summed E-state index contributed by atoms with van der Waals surface area (Å²) < 4.78 is 41.9. The van der Waals surface area contributed by atoms with Crippen molar-refractivity contribution in [1.82, 2.24) is 20.2 Å². The molecule has 0 fully saturated rings. The first-order chi connectivity index (χ1) is 22.2. The summed E-state index contributed by atoms with van der Waals surface area (Å²) in [7, 11) is 0. The lowest BCUT2D eigenvalue weighted by molar-refractivity contribution is 0.303. The maximum absolute atomic E-state index is 15.0. The molecule has 0 aliphatic heterocycles. The average Bonchev–Trinajstić information content (AvgIpc) is 3.51. The Morgan fingerprint density at radius 1 is 0.511 bits per heavy atom. The van der Waals surface area contributed by atoms with Gasteiger partial charge in [-0.15, -0.1) is 10.2 Å². The Hall–Kier alpha value is -2.68. The second kappa shape index (κ2) is 22.8. The lowest BCUT2D eigenvalue weighted by Crippen LogP contribution is -2.01. The number of ether oxygens (including phenoxy) is 2. The molecule has 0 aliphatic carbocycles. The Labute approximate surface area is 273 Å². The molecule has 3 rings (SSSR count). The van der Waals surface area contributed by atoms with E-state index in [2.05, 4.69) is 34.0 Å². The molecule has 0 bridgehead atoms. The van der Waals surface area contributed by atoms with Gasteiger partial charge in [-0.2, -0.15) is 8.78 Å². The fourth-order valence-corrected chi connectivity index (χ4v) is 6.36. The van der Waals surface area contributed by atoms with Crippen molar-refractivity contribution < 1.29 is 18.3 Å². The number of unbranched alkanes of at least 4 members (excludes halogenated alkanes) is 18. The van der Waals surface area contributed by atoms with Crippen LogP contribution in [0.5, 0.6) is 11.5 Å². The lowest BCUT2D eigenvalue weighted by atomic mass is 10.1. The number of hydrogen-bond acceptors (Lipinski definition) is 7. The van der Waals surface area contributed by atoms with E-state index in [-0.39, 0.29) is 21.1 Å². The molecule has 9 heteroatoms. The third-order valence-corrected chi connectivity index (χ3v) is 9.05. The second-order valence-electron chi connectivity index (χ2n) is 11.9. The number of rotatable bonds is 26. The van der Waals surface area contributed by atoms with E-state index in [9.17, 15) is 8.78 Å². The van der Waals surface area contributed by atoms with Crippen molar-refractivity contribution in [3.8, 4) is 32.6 Å². The van der Waals surface area contributed by atoms with Gasteiger partial charge in [-0.3, -0.25) is 0 Å². The fraction of sp³-hybridized carbons (Fsp3) is 0.667. The molecule has 45 heavy (non-hydrogen) atoms. The van der Waals surface area contributed by atoms with Gasteiger partial charge in [0, 0.05) is 12.4 Å². The van der Waals surface area contributed by atoms with Crippen LogP contribution in [0.4, 0.5) is 8.78 Å². The van der Waals surface area contributed by atoms with Crippen LogP contribution in [-0.2, 0) is 0 Å². The van der Waals surface area contributed by atoms with Gasteiger partial charge < -0.3 is 9.47 Å². The molecule has 0 saturated heterocycles. The Balaban J connectivity index is 1.48. The summed E-state index contributed by atoms with van der Waals surface area (Å²) in [6.45, 7) is 5.44. The highest BCUT2D eigenvalue weighted by molar-refractivity contribution is 7.18. The van der Waals surface area contributed by atoms with Crippen LogP contribution in [0.2, 0.25) is 0 Å². The Morgan fingerprint density at radius 2 is 0.844 bits per heavy atom. The lowest BCUT2D eigenvalue weighted by Gasteiger charge is -2.10. The first-order valence-electron chi connectivity index (χ1n) is 17.5. The molecule has 0 aromatic carbocycles. The topological polar surface area (TPSA) is 70.0 Å². The molecular formula is C36H54F2N4O2S. The van der Waals surface area contributed by atoms with E-state index >= 15 is 0 Å². The molecule has 0 N–H and O–H groups in total. The van der Waals surface area contributed by atoms with Crippen LogP contribution in [0.1, 0.15) is 142 Å². The molecule has 0 unspecified atom stereocenters. The van der Waals surface area contributed by atoms with Gasteiger partial charge in [0.2, 0.25) is 11.9 Å². The largest absolute Gasteiger partial charge is 0.493 e. The van der Waals surface area contributed by atoms with Crippen molar-refractivity contribution in [2.45, 2.75) is 142 Å². The first-order valence-corrected chi connectivity index (χ1v) is 18.4. The standard InChI is InChI=1S/C36H54F2N4O2S/c1-3-5-7-9-11-13-15-17-19-21-27-43-29-23-25-39-33(37)31(29)35-41-42-36(45-35)32-30(24-26-40-34(32)38)44-28-22-20-18-16-14-12-10-8-6-4-2/h23-26H,3-22,27-28H2,1-2H3. The van der Waals surface area contributed by atoms with Crippen molar-refractivity contribution in [2.24, 2.45) is 0 Å². The van der Waals surface area contributed by atoms with E-state index in [1.165, 1.54) is 115 Å². The first kappa shape index (κ1) is 36.8. The number of aromatic nitrogens is 4. The molecule has 6 nitrogen and oxygen atoms in total. The summed E-state index contributed by atoms with van der Waals surface area (Å²) in [6.07, 6.45) is 27.3. The van der Waals surface area contributed by atoms with Crippen molar-refractivity contribution in [3.63, 3.8) is 0 Å². The molecule has 0 spiro atoms. The molecule has 0 amide bonds. The SMILES string of the molecule is CCCCCCCCCCCCOc1ccnc(F)c1-c1nnc(-c2c(OCCCCCCCCCCCC)ccnc2F)s1. The van der Waals surface area contributed by atoms with Gasteiger partial charge in [0.1, 0.15) is 22.6 Å². The Morgan fingerprint density at radius 3 is 1.20 bits per heavy atom. The smallest absolute Gasteiger partial charge is 0.227 e. The Bertz CT molecular complexity index is 1120. The van der Waals surface area contributed by atoms with Crippen LogP contribution in [0, 0.1) is 11.9 Å². The highest BCUT2D eigenvalue weighted by Crippen LogP contribution is 2.39. The van der Waals surface area contributed by atoms with Crippen molar-refractivity contribution >= 4 is 11.3 Å². The molecule has 0 radical (unpaired) electrons. The molecule has 0 aliphatic rings. The minimum absolute atomic E-state index is 0.144. The molecule has 0 atom stereocenters. The minimum atomic E-state index is -0.692. The van der Waals surface area contributed by atoms with E-state index < -0.39 is 11.9 Å². The Kier molecular flexibility index (Phi) is 18.6. The predicted octanol–water partition coefficient (Wildman–Crippen LogP) is 11.5. The van der Waals surface area contributed by atoms with Gasteiger partial charge in [0.05, 0.1) is 13.2 Å². The summed E-state index contributed by atoms with van der Waals surface area (Å²) in [6, 6.07) is 3.28. The third-order valence-electron chi connectivity index (χ3n) is 8.10. The molecule has 3 heterocycles. The van der Waals surface area contributed by atoms with E-state index in [0.29, 0.717) is 24.7 Å². The zero-order valence-corrected chi connectivity index (χ0v) is 28.5. The highest BCUT2D eigenvalue weighted by Gasteiger charge is 2.23. The molecular weight excluding hydrogens is 590 g/mol. The van der Waals surface area contributed by atoms with Crippen LogP contribution < -0.4 is 9.47 Å². The summed E-state index contributed by atoms with van der Waals surface area (Å²) in [5, 5.41) is 8.93. The van der Waals surface area contributed by atoms with E-state index in [0.717, 1.165) is 37.0 Å². The second-order valence-corrected chi connectivity index (χ2v) is 12.9. The summed E-state index contributed by atoms with van der Waals surface area (Å²) in [4.78, 5) is 7.62. The monoisotopic (exact) mass is 644 g/mol. The maximum Gasteiger partial charge on any atom is 0.227 e. The van der Waals surface area contributed by atoms with E-state index in [1.54, 1.807) is 12.1 Å². The van der Waals surface area contributed by atoms with Crippen LogP contribution in [0.3, 0.4) is 0 Å². The van der Waals surface area contributed by atoms with Gasteiger partial charge in [0.15, 0.2) is 10.0 Å². The van der Waals surface area contributed by atoms with Crippen molar-refractivity contribution in [1.29, 1.82) is 0 Å². The quantitative estimate of drug-likeness (QED) is 0.0640. The molecule has 0 saturated carbocycles. The van der Waals surface area contributed by atoms with Crippen molar-refractivity contribution in [2.75, 3.05) is 13.2 Å². The van der Waals surface area contributed by atoms with Gasteiger partial charge in [-0.05, 0) is 25.0 Å². The van der Waals surface area contributed by atoms with E-state index in [4.69, 9.17) is 9.47 Å². The minimum Gasteiger partial charge on any atom is -0.493 e. The predicted molar refractivity (Wildman–Crippen MR) is 181 cm³/mol. The van der Waals surface area contributed by atoms with Crippen LogP contribution in [0.25, 0.3) is 21.1 Å². The normalized spacial score (nSPS) is 11.3. The van der Waals surface area contributed by atoms with Crippen molar-refractivity contribution in [3.05, 3.63) is 36.4 Å². The number of pyridine rings is 2. The van der Waals surface area contributed by atoms with Gasteiger partial charge in [0.25, 0.3) is 0 Å². The third kappa shape index (κ3) is 13.7. The molecule has 3 aromatic rings. The number of nitrogens with zero attached hydrogens (tertiary/aromatic N) is 4. The zero-order valence-electron chi connectivity index (χ0n) is 27.6. The maximum atomic E-state index is 15.0. The summed E-state index contributed by atoms with van der Waals surface area (Å²) >= 11 is 1.07. The summed E-state index contributed by atoms with van der Waals surface area (Å²) in [5.41, 5.74) is 0.288. The number of halogens is 2. The van der Waals surface area contributed by atoms with Gasteiger partial charge in [-0.25, -0.2) is 9.97 Å². The summed E-state index contributed by atoms with van der Waals surface area (Å²) in [5.74, 6) is -0.653. The van der Waals surface area contributed by atoms with Crippen LogP contribution in [-0.4, -0.2) is 33.4 Å². The number of hydrogen-bond donors (Lipinski definition) is 0. The molecule has 3 aromatic heterocycles. The van der Waals surface area contributed by atoms with Gasteiger partial charge in [-0.1, -0.05) is 141 Å². The van der Waals surface area contributed by atoms with Crippen LogP contribution in [0.15, 0.2) is 24.5 Å². The van der Waals surface area contributed by atoms with Gasteiger partial charge >= 0.3 is 0 Å². The highest BCUT2D eigenvalue weighted by atomic mass is 32.1. The van der Waals surface area contributed by atoms with Crippen LogP contribution >= 0.6 is 11.3 Å². The van der Waals surface area contributed by atoms with E-state index in [1.807, 2.05) is 0 Å². The zero-order chi connectivity index (χ0) is 32.0. The average molecular weight is 645 g/mol.